The van der Waals surface area contributed by atoms with Gasteiger partial charge < -0.3 is 9.62 Å². The smallest absolute Gasteiger partial charge is 0.324 e. The fourth-order valence-electron chi connectivity index (χ4n) is 3.60. The van der Waals surface area contributed by atoms with Crippen molar-refractivity contribution in [2.75, 3.05) is 9.62 Å². The van der Waals surface area contributed by atoms with Crippen LogP contribution in [0, 0.1) is 0 Å². The summed E-state index contributed by atoms with van der Waals surface area (Å²) in [7, 11) is 0. The summed E-state index contributed by atoms with van der Waals surface area (Å²) in [4.78, 5) is 15.7. The molecule has 1 amide bonds. The van der Waals surface area contributed by atoms with Crippen molar-refractivity contribution in [2.45, 2.75) is 30.5 Å². The Morgan fingerprint density at radius 1 is 1.10 bits per heavy atom. The zero-order valence-electron chi connectivity index (χ0n) is 16.4. The van der Waals surface area contributed by atoms with Gasteiger partial charge in [-0.05, 0) is 73.3 Å². The lowest BCUT2D eigenvalue weighted by Crippen LogP contribution is -2.35. The topological polar surface area (TPSA) is 32.3 Å². The fraction of sp³-hybridized carbons (Fsp3) is 0.174. The number of hydrogen-bond donors (Lipinski definition) is 1. The number of alkyl halides is 3. The molecule has 8 heteroatoms. The normalized spacial score (nSPS) is 15.6. The van der Waals surface area contributed by atoms with E-state index in [1.807, 2.05) is 31.2 Å². The molecule has 0 aliphatic carbocycles. The first kappa shape index (κ1) is 21.6. The highest BCUT2D eigenvalue weighted by Crippen LogP contribution is 2.36. The second-order valence-electron chi connectivity index (χ2n) is 7.28. The maximum Gasteiger partial charge on any atom is 0.416 e. The summed E-state index contributed by atoms with van der Waals surface area (Å²) < 4.78 is 41.8. The molecule has 1 N–H and O–H groups in total. The molecule has 31 heavy (non-hydrogen) atoms. The molecule has 1 aliphatic heterocycles. The Kier molecular flexibility index (Phi) is 5.90. The highest BCUT2D eigenvalue weighted by molar-refractivity contribution is 8.00. The molecule has 1 aliphatic rings. The molecule has 0 saturated carbocycles. The Hall–Kier alpha value is -2.64. The van der Waals surface area contributed by atoms with Crippen LogP contribution in [0.25, 0.3) is 0 Å². The number of fused-ring (bicyclic) bond motifs is 1. The average molecular weight is 463 g/mol. The molecular formula is C23H18ClF3N2OS. The lowest BCUT2D eigenvalue weighted by molar-refractivity contribution is -0.137. The van der Waals surface area contributed by atoms with Crippen molar-refractivity contribution < 1.29 is 18.0 Å². The fourth-order valence-corrected chi connectivity index (χ4v) is 4.55. The monoisotopic (exact) mass is 462 g/mol. The molecule has 1 heterocycles. The van der Waals surface area contributed by atoms with Crippen LogP contribution in [-0.4, -0.2) is 11.9 Å². The van der Waals surface area contributed by atoms with Gasteiger partial charge in [0.1, 0.15) is 0 Å². The molecule has 1 unspecified atom stereocenters. The van der Waals surface area contributed by atoms with Crippen LogP contribution in [-0.2, 0) is 12.6 Å². The van der Waals surface area contributed by atoms with Crippen molar-refractivity contribution >= 4 is 40.8 Å². The lowest BCUT2D eigenvalue weighted by atomic mass is 10.1. The first-order chi connectivity index (χ1) is 14.7. The molecule has 3 nitrogen and oxygen atoms in total. The summed E-state index contributed by atoms with van der Waals surface area (Å²) in [5, 5.41) is 0.176. The average Bonchev–Trinajstić information content (AvgIpc) is 3.07. The molecule has 0 fully saturated rings. The van der Waals surface area contributed by atoms with E-state index in [2.05, 4.69) is 4.72 Å². The van der Waals surface area contributed by atoms with Crippen LogP contribution >= 0.6 is 23.5 Å². The van der Waals surface area contributed by atoms with E-state index in [0.717, 1.165) is 41.8 Å². The number of anilines is 2. The molecule has 3 aromatic carbocycles. The number of carbonyl (C=O) groups excluding carboxylic acids is 1. The van der Waals surface area contributed by atoms with Crippen LogP contribution < -0.4 is 9.62 Å². The summed E-state index contributed by atoms with van der Waals surface area (Å²) in [6.07, 6.45) is -3.66. The third-order valence-corrected chi connectivity index (χ3v) is 6.22. The highest BCUT2D eigenvalue weighted by Gasteiger charge is 2.32. The minimum absolute atomic E-state index is 0.0447. The predicted molar refractivity (Wildman–Crippen MR) is 119 cm³/mol. The van der Waals surface area contributed by atoms with E-state index >= 15 is 0 Å². The summed E-state index contributed by atoms with van der Waals surface area (Å²) >= 11 is 7.14. The number of rotatable bonds is 4. The molecule has 4 rings (SSSR count). The minimum Gasteiger partial charge on any atom is -0.324 e. The summed E-state index contributed by atoms with van der Waals surface area (Å²) in [6.45, 7) is 2.01. The van der Waals surface area contributed by atoms with Crippen molar-refractivity contribution in [3.8, 4) is 0 Å². The largest absolute Gasteiger partial charge is 0.416 e. The van der Waals surface area contributed by atoms with Crippen LogP contribution in [0.3, 0.4) is 0 Å². The number of nitrogens with zero attached hydrogens (tertiary/aromatic N) is 1. The van der Waals surface area contributed by atoms with Gasteiger partial charge in [0, 0.05) is 22.2 Å². The molecule has 3 aromatic rings. The zero-order chi connectivity index (χ0) is 22.2. The van der Waals surface area contributed by atoms with E-state index in [-0.39, 0.29) is 22.7 Å². The van der Waals surface area contributed by atoms with E-state index in [0.29, 0.717) is 10.5 Å². The Bertz CT molecular complexity index is 1140. The molecule has 0 aromatic heterocycles. The van der Waals surface area contributed by atoms with Crippen LogP contribution in [0.4, 0.5) is 24.5 Å². The number of carbonyl (C=O) groups is 1. The third-order valence-electron chi connectivity index (χ3n) is 5.08. The van der Waals surface area contributed by atoms with Gasteiger partial charge in [-0.15, -0.1) is 0 Å². The zero-order valence-corrected chi connectivity index (χ0v) is 18.0. The maximum atomic E-state index is 13.2. The minimum atomic E-state index is -4.46. The maximum absolute atomic E-state index is 13.2. The van der Waals surface area contributed by atoms with Gasteiger partial charge in [0.25, 0.3) is 5.91 Å². The van der Waals surface area contributed by atoms with Gasteiger partial charge in [-0.2, -0.15) is 13.2 Å². The van der Waals surface area contributed by atoms with Crippen LogP contribution in [0.1, 0.15) is 28.4 Å². The Balaban J connectivity index is 1.53. The molecule has 0 saturated heterocycles. The van der Waals surface area contributed by atoms with Gasteiger partial charge >= 0.3 is 6.18 Å². The Morgan fingerprint density at radius 3 is 2.65 bits per heavy atom. The van der Waals surface area contributed by atoms with Gasteiger partial charge in [0.2, 0.25) is 0 Å². The number of hydrogen-bond acceptors (Lipinski definition) is 3. The number of amides is 1. The second-order valence-corrected chi connectivity index (χ2v) is 8.57. The Morgan fingerprint density at radius 2 is 1.87 bits per heavy atom. The van der Waals surface area contributed by atoms with Crippen molar-refractivity contribution in [1.82, 2.24) is 0 Å². The van der Waals surface area contributed by atoms with Gasteiger partial charge in [-0.3, -0.25) is 4.79 Å². The van der Waals surface area contributed by atoms with Gasteiger partial charge in [-0.1, -0.05) is 35.9 Å². The van der Waals surface area contributed by atoms with Crippen molar-refractivity contribution in [3.05, 3.63) is 88.4 Å². The SMILES string of the molecule is CC1Cc2ccccc2N1C(=O)c1cccc(SNc2cc(C(F)(F)F)ccc2Cl)c1. The van der Waals surface area contributed by atoms with Crippen LogP contribution in [0.2, 0.25) is 5.02 Å². The first-order valence-electron chi connectivity index (χ1n) is 9.55. The van der Waals surface area contributed by atoms with Gasteiger partial charge in [-0.25, -0.2) is 0 Å². The second kappa shape index (κ2) is 8.48. The summed E-state index contributed by atoms with van der Waals surface area (Å²) in [6, 6.07) is 18.0. The van der Waals surface area contributed by atoms with Gasteiger partial charge in [0.15, 0.2) is 0 Å². The van der Waals surface area contributed by atoms with Crippen LogP contribution in [0.15, 0.2) is 71.6 Å². The quantitative estimate of drug-likeness (QED) is 0.421. The van der Waals surface area contributed by atoms with E-state index < -0.39 is 11.7 Å². The lowest BCUT2D eigenvalue weighted by Gasteiger charge is -2.23. The highest BCUT2D eigenvalue weighted by atomic mass is 35.5. The molecule has 160 valence electrons. The Labute approximate surface area is 187 Å². The molecule has 0 radical (unpaired) electrons. The van der Waals surface area contributed by atoms with Gasteiger partial charge in [0.05, 0.1) is 16.3 Å². The number of halogens is 4. The predicted octanol–water partition coefficient (Wildman–Crippen LogP) is 7.07. The van der Waals surface area contributed by atoms with Crippen LogP contribution in [0.5, 0.6) is 0 Å². The molecule has 1 atom stereocenters. The van der Waals surface area contributed by atoms with E-state index in [1.54, 1.807) is 29.2 Å². The molecule has 0 bridgehead atoms. The standard InChI is InChI=1S/C23H18ClF3N2OS/c1-14-11-15-5-2-3-8-21(15)29(14)22(30)16-6-4-7-18(12-16)31-28-20-13-17(23(25,26)27)9-10-19(20)24/h2-10,12-14,28H,11H2,1H3. The number of nitrogens with one attached hydrogen (secondary N) is 1. The first-order valence-corrected chi connectivity index (χ1v) is 10.7. The number of para-hydroxylation sites is 1. The van der Waals surface area contributed by atoms with Crippen molar-refractivity contribution in [3.63, 3.8) is 0 Å². The van der Waals surface area contributed by atoms with E-state index in [1.165, 1.54) is 6.07 Å². The van der Waals surface area contributed by atoms with Crippen molar-refractivity contribution in [1.29, 1.82) is 0 Å². The van der Waals surface area contributed by atoms with E-state index in [4.69, 9.17) is 11.6 Å². The molecular weight excluding hydrogens is 445 g/mol. The van der Waals surface area contributed by atoms with E-state index in [9.17, 15) is 18.0 Å². The summed E-state index contributed by atoms with van der Waals surface area (Å²) in [5.74, 6) is -0.114. The summed E-state index contributed by atoms with van der Waals surface area (Å²) in [5.41, 5.74) is 1.91. The molecule has 0 spiro atoms. The third kappa shape index (κ3) is 4.52. The van der Waals surface area contributed by atoms with Crippen molar-refractivity contribution in [2.24, 2.45) is 0 Å². The number of benzene rings is 3.